The van der Waals surface area contributed by atoms with Crippen LogP contribution in [0.15, 0.2) is 61.3 Å². The summed E-state index contributed by atoms with van der Waals surface area (Å²) in [5.41, 5.74) is 12.0. The number of nitrogen functional groups attached to an aromatic ring is 1. The number of anilines is 2. The van der Waals surface area contributed by atoms with E-state index in [1.54, 1.807) is 6.20 Å². The molecular weight excluding hydrogens is 414 g/mol. The van der Waals surface area contributed by atoms with Gasteiger partial charge in [0, 0.05) is 30.8 Å². The zero-order valence-corrected chi connectivity index (χ0v) is 18.6. The van der Waals surface area contributed by atoms with Crippen LogP contribution in [0.5, 0.6) is 0 Å². The molecule has 0 aliphatic heterocycles. The molecule has 1 aromatic carbocycles. The second kappa shape index (κ2) is 8.70. The molecule has 0 aliphatic rings. The molecule has 9 nitrogen and oxygen atoms in total. The highest BCUT2D eigenvalue weighted by atomic mass is 15.3. The first-order valence-electron chi connectivity index (χ1n) is 10.7. The summed E-state index contributed by atoms with van der Waals surface area (Å²) in [6.45, 7) is 6.01. The number of nitrogens with zero attached hydrogens (tertiary/aromatic N) is 7. The van der Waals surface area contributed by atoms with Crippen molar-refractivity contribution in [2.45, 2.75) is 33.5 Å². The predicted molar refractivity (Wildman–Crippen MR) is 128 cm³/mol. The molecule has 0 spiro atoms. The van der Waals surface area contributed by atoms with E-state index in [-0.39, 0.29) is 0 Å². The molecule has 0 saturated carbocycles. The van der Waals surface area contributed by atoms with Crippen LogP contribution in [-0.2, 0) is 19.6 Å². The first-order valence-corrected chi connectivity index (χ1v) is 10.7. The Bertz CT molecular complexity index is 1360. The molecule has 0 bridgehead atoms. The maximum absolute atomic E-state index is 5.85. The van der Waals surface area contributed by atoms with Gasteiger partial charge in [-0.05, 0) is 48.2 Å². The van der Waals surface area contributed by atoms with Gasteiger partial charge in [0.2, 0.25) is 0 Å². The van der Waals surface area contributed by atoms with E-state index in [2.05, 4.69) is 54.7 Å². The molecule has 0 amide bonds. The normalized spacial score (nSPS) is 11.2. The summed E-state index contributed by atoms with van der Waals surface area (Å²) in [7, 11) is 0. The molecule has 9 heteroatoms. The van der Waals surface area contributed by atoms with Crippen LogP contribution in [0.3, 0.4) is 0 Å². The summed E-state index contributed by atoms with van der Waals surface area (Å²) in [5.74, 6) is 1.28. The molecule has 0 saturated heterocycles. The standard InChI is InChI=1S/C24H25N9/c1-16-10-22(25)30-17(2)20(16)11-26-23-21-14-33(31-24(21)28-15-27-23)13-19-6-4-18(5-7-19)12-32-9-3-8-29-32/h3-10,14-15H,11-13H2,1-2H3,(H2,25,30)(H,26,27,28,31). The SMILES string of the molecule is Cc1cc(N)nc(C)c1CNc1ncnc2nn(Cc3ccc(Cn4cccn4)cc3)cc12. The van der Waals surface area contributed by atoms with Gasteiger partial charge in [-0.3, -0.25) is 9.36 Å². The van der Waals surface area contributed by atoms with Crippen molar-refractivity contribution in [2.75, 3.05) is 11.1 Å². The zero-order valence-electron chi connectivity index (χ0n) is 18.6. The Kier molecular flexibility index (Phi) is 5.43. The summed E-state index contributed by atoms with van der Waals surface area (Å²) < 4.78 is 3.81. The number of benzene rings is 1. The molecule has 3 N–H and O–H groups in total. The van der Waals surface area contributed by atoms with Crippen molar-refractivity contribution >= 4 is 22.7 Å². The van der Waals surface area contributed by atoms with Crippen molar-refractivity contribution in [3.05, 3.63) is 89.3 Å². The van der Waals surface area contributed by atoms with Crippen LogP contribution < -0.4 is 11.1 Å². The summed E-state index contributed by atoms with van der Waals surface area (Å²) in [6, 6.07) is 12.3. The molecule has 4 aromatic heterocycles. The third kappa shape index (κ3) is 4.52. The van der Waals surface area contributed by atoms with E-state index in [1.165, 1.54) is 11.9 Å². The summed E-state index contributed by atoms with van der Waals surface area (Å²) >= 11 is 0. The number of nitrogens with two attached hydrogens (primary N) is 1. The van der Waals surface area contributed by atoms with Crippen molar-refractivity contribution in [2.24, 2.45) is 0 Å². The van der Waals surface area contributed by atoms with Gasteiger partial charge in [0.15, 0.2) is 5.65 Å². The van der Waals surface area contributed by atoms with Crippen LogP contribution in [0.1, 0.15) is 27.9 Å². The summed E-state index contributed by atoms with van der Waals surface area (Å²) in [4.78, 5) is 13.1. The number of fused-ring (bicyclic) bond motifs is 1. The average molecular weight is 440 g/mol. The van der Waals surface area contributed by atoms with Gasteiger partial charge >= 0.3 is 0 Å². The fraction of sp³-hybridized carbons (Fsp3) is 0.208. The molecule has 0 aliphatic carbocycles. The fourth-order valence-electron chi connectivity index (χ4n) is 3.95. The van der Waals surface area contributed by atoms with Crippen LogP contribution in [0.4, 0.5) is 11.6 Å². The third-order valence-electron chi connectivity index (χ3n) is 5.64. The minimum absolute atomic E-state index is 0.536. The van der Waals surface area contributed by atoms with E-state index in [1.807, 2.05) is 47.7 Å². The Morgan fingerprint density at radius 2 is 1.76 bits per heavy atom. The Morgan fingerprint density at radius 3 is 2.45 bits per heavy atom. The lowest BCUT2D eigenvalue weighted by Gasteiger charge is -2.12. The van der Waals surface area contributed by atoms with Gasteiger partial charge < -0.3 is 11.1 Å². The largest absolute Gasteiger partial charge is 0.384 e. The van der Waals surface area contributed by atoms with Crippen molar-refractivity contribution in [1.82, 2.24) is 34.5 Å². The van der Waals surface area contributed by atoms with E-state index in [0.717, 1.165) is 40.1 Å². The monoisotopic (exact) mass is 439 g/mol. The molecule has 0 fully saturated rings. The Hall–Kier alpha value is -4.27. The lowest BCUT2D eigenvalue weighted by Crippen LogP contribution is -2.08. The van der Waals surface area contributed by atoms with E-state index in [4.69, 9.17) is 5.73 Å². The Labute approximate surface area is 191 Å². The minimum Gasteiger partial charge on any atom is -0.384 e. The number of aromatic nitrogens is 7. The van der Waals surface area contributed by atoms with Crippen molar-refractivity contribution in [1.29, 1.82) is 0 Å². The lowest BCUT2D eigenvalue weighted by molar-refractivity contribution is 0.681. The average Bonchev–Trinajstić information content (AvgIpc) is 3.44. The lowest BCUT2D eigenvalue weighted by atomic mass is 10.1. The first kappa shape index (κ1) is 20.6. The molecule has 5 rings (SSSR count). The molecule has 0 unspecified atom stereocenters. The highest BCUT2D eigenvalue weighted by molar-refractivity contribution is 5.85. The van der Waals surface area contributed by atoms with Gasteiger partial charge in [-0.1, -0.05) is 24.3 Å². The number of rotatable bonds is 7. The molecule has 0 atom stereocenters. The van der Waals surface area contributed by atoms with Gasteiger partial charge in [0.25, 0.3) is 0 Å². The Morgan fingerprint density at radius 1 is 1.00 bits per heavy atom. The van der Waals surface area contributed by atoms with Gasteiger partial charge in [-0.15, -0.1) is 0 Å². The van der Waals surface area contributed by atoms with Crippen LogP contribution >= 0.6 is 0 Å². The topological polar surface area (TPSA) is 112 Å². The summed E-state index contributed by atoms with van der Waals surface area (Å²) in [5, 5.41) is 13.2. The number of pyridine rings is 1. The third-order valence-corrected chi connectivity index (χ3v) is 5.64. The highest BCUT2D eigenvalue weighted by Gasteiger charge is 2.11. The van der Waals surface area contributed by atoms with Crippen LogP contribution in [0, 0.1) is 13.8 Å². The van der Waals surface area contributed by atoms with E-state index < -0.39 is 0 Å². The molecule has 166 valence electrons. The quantitative estimate of drug-likeness (QED) is 0.400. The van der Waals surface area contributed by atoms with Crippen LogP contribution in [-0.4, -0.2) is 34.5 Å². The smallest absolute Gasteiger partial charge is 0.186 e. The Balaban J connectivity index is 1.31. The fourth-order valence-corrected chi connectivity index (χ4v) is 3.95. The summed E-state index contributed by atoms with van der Waals surface area (Å²) in [6.07, 6.45) is 7.27. The van der Waals surface area contributed by atoms with E-state index >= 15 is 0 Å². The maximum Gasteiger partial charge on any atom is 0.186 e. The maximum atomic E-state index is 5.85. The second-order valence-electron chi connectivity index (χ2n) is 8.09. The van der Waals surface area contributed by atoms with Gasteiger partial charge in [0.1, 0.15) is 18.0 Å². The molecule has 33 heavy (non-hydrogen) atoms. The van der Waals surface area contributed by atoms with E-state index in [9.17, 15) is 0 Å². The van der Waals surface area contributed by atoms with Gasteiger partial charge in [-0.2, -0.15) is 10.2 Å². The van der Waals surface area contributed by atoms with Crippen molar-refractivity contribution in [3.8, 4) is 0 Å². The second-order valence-corrected chi connectivity index (χ2v) is 8.09. The van der Waals surface area contributed by atoms with Gasteiger partial charge in [0.05, 0.1) is 18.5 Å². The number of hydrogen-bond donors (Lipinski definition) is 2. The molecular formula is C24H25N9. The number of aryl methyl sites for hydroxylation is 2. The molecule has 4 heterocycles. The number of hydrogen-bond acceptors (Lipinski definition) is 7. The van der Waals surface area contributed by atoms with Crippen LogP contribution in [0.2, 0.25) is 0 Å². The first-order chi connectivity index (χ1) is 16.0. The predicted octanol–water partition coefficient (Wildman–Crippen LogP) is 3.33. The number of nitrogens with one attached hydrogen (secondary N) is 1. The molecule has 0 radical (unpaired) electrons. The van der Waals surface area contributed by atoms with Gasteiger partial charge in [-0.25, -0.2) is 15.0 Å². The zero-order chi connectivity index (χ0) is 22.8. The minimum atomic E-state index is 0.536. The molecule has 5 aromatic rings. The van der Waals surface area contributed by atoms with Crippen LogP contribution in [0.25, 0.3) is 11.0 Å². The van der Waals surface area contributed by atoms with E-state index in [0.29, 0.717) is 24.6 Å². The van der Waals surface area contributed by atoms with Crippen molar-refractivity contribution in [3.63, 3.8) is 0 Å². The highest BCUT2D eigenvalue weighted by Crippen LogP contribution is 2.21. The van der Waals surface area contributed by atoms with Crippen molar-refractivity contribution < 1.29 is 0 Å².